The molecular weight excluding hydrogens is 346 g/mol. The number of hydrogen-bond donors (Lipinski definition) is 0. The van der Waals surface area contributed by atoms with Crippen LogP contribution in [0.25, 0.3) is 10.8 Å². The first-order valence-electron chi connectivity index (χ1n) is 6.84. The van der Waals surface area contributed by atoms with Crippen LogP contribution in [0.4, 0.5) is 8.78 Å². The SMILES string of the molecule is O=C(OCc1ccc(C2CO2)c2ccccc12)C(F)(F)S(=O)(=O)[O-]. The Morgan fingerprint density at radius 3 is 2.46 bits per heavy atom. The molecule has 0 aromatic heterocycles. The fourth-order valence-corrected chi connectivity index (χ4v) is 2.61. The van der Waals surface area contributed by atoms with E-state index in [1.54, 1.807) is 30.3 Å². The maximum absolute atomic E-state index is 13.1. The number of esters is 1. The van der Waals surface area contributed by atoms with Crippen molar-refractivity contribution in [3.05, 3.63) is 47.5 Å². The van der Waals surface area contributed by atoms with E-state index in [0.29, 0.717) is 17.6 Å². The van der Waals surface area contributed by atoms with Crippen molar-refractivity contribution in [2.75, 3.05) is 6.61 Å². The molecule has 0 amide bonds. The molecule has 0 spiro atoms. The minimum atomic E-state index is -6.13. The smallest absolute Gasteiger partial charge is 0.428 e. The van der Waals surface area contributed by atoms with Gasteiger partial charge in [0.05, 0.1) is 6.61 Å². The fraction of sp³-hybridized carbons (Fsp3) is 0.267. The van der Waals surface area contributed by atoms with Crippen LogP contribution in [-0.4, -0.2) is 30.8 Å². The Hall–Kier alpha value is -2.10. The van der Waals surface area contributed by atoms with Crippen LogP contribution in [0.15, 0.2) is 36.4 Å². The van der Waals surface area contributed by atoms with Crippen molar-refractivity contribution in [3.8, 4) is 0 Å². The summed E-state index contributed by atoms with van der Waals surface area (Å²) in [4.78, 5) is 11.2. The van der Waals surface area contributed by atoms with E-state index >= 15 is 0 Å². The highest BCUT2D eigenvalue weighted by Gasteiger charge is 2.48. The first kappa shape index (κ1) is 16.7. The van der Waals surface area contributed by atoms with Gasteiger partial charge in [-0.3, -0.25) is 0 Å². The maximum atomic E-state index is 13.1. The van der Waals surface area contributed by atoms with Gasteiger partial charge in [-0.15, -0.1) is 0 Å². The number of carbonyl (C=O) groups excluding carboxylic acids is 1. The predicted molar refractivity (Wildman–Crippen MR) is 77.1 cm³/mol. The molecule has 1 unspecified atom stereocenters. The van der Waals surface area contributed by atoms with E-state index in [2.05, 4.69) is 4.74 Å². The summed E-state index contributed by atoms with van der Waals surface area (Å²) in [5, 5.41) is -3.65. The minimum absolute atomic E-state index is 0.0264. The van der Waals surface area contributed by atoms with Crippen LogP contribution in [0.3, 0.4) is 0 Å². The normalized spacial score (nSPS) is 17.7. The summed E-state index contributed by atoms with van der Waals surface area (Å²) in [5.41, 5.74) is 1.33. The quantitative estimate of drug-likeness (QED) is 0.462. The van der Waals surface area contributed by atoms with Gasteiger partial charge in [0.2, 0.25) is 0 Å². The monoisotopic (exact) mass is 357 g/mol. The molecule has 128 valence electrons. The molecule has 3 rings (SSSR count). The Morgan fingerprint density at radius 2 is 1.88 bits per heavy atom. The molecule has 24 heavy (non-hydrogen) atoms. The van der Waals surface area contributed by atoms with Gasteiger partial charge in [0, 0.05) is 0 Å². The summed E-state index contributed by atoms with van der Waals surface area (Å²) in [5.74, 6) is -2.39. The summed E-state index contributed by atoms with van der Waals surface area (Å²) in [7, 11) is -6.13. The highest BCUT2D eigenvalue weighted by atomic mass is 32.2. The first-order valence-corrected chi connectivity index (χ1v) is 8.25. The molecule has 0 aliphatic carbocycles. The molecule has 2 aromatic rings. The molecule has 9 heteroatoms. The zero-order valence-corrected chi connectivity index (χ0v) is 12.9. The van der Waals surface area contributed by atoms with Crippen molar-refractivity contribution in [2.45, 2.75) is 18.0 Å². The van der Waals surface area contributed by atoms with Gasteiger partial charge >= 0.3 is 11.2 Å². The number of fused-ring (bicyclic) bond motifs is 1. The van der Waals surface area contributed by atoms with Crippen LogP contribution in [0.1, 0.15) is 17.2 Å². The number of hydrogen-bond acceptors (Lipinski definition) is 6. The van der Waals surface area contributed by atoms with E-state index in [4.69, 9.17) is 4.74 Å². The van der Waals surface area contributed by atoms with E-state index in [9.17, 15) is 26.5 Å². The predicted octanol–water partition coefficient (Wildman–Crippen LogP) is 2.09. The van der Waals surface area contributed by atoms with Gasteiger partial charge in [0.25, 0.3) is 0 Å². The average Bonchev–Trinajstić information content (AvgIpc) is 3.35. The molecule has 0 radical (unpaired) electrons. The maximum Gasteiger partial charge on any atom is 0.428 e. The van der Waals surface area contributed by atoms with E-state index in [1.807, 2.05) is 6.07 Å². The average molecular weight is 357 g/mol. The number of halogens is 2. The van der Waals surface area contributed by atoms with E-state index < -0.39 is 27.9 Å². The van der Waals surface area contributed by atoms with E-state index in [1.165, 1.54) is 0 Å². The molecule has 1 aliphatic rings. The summed E-state index contributed by atoms with van der Waals surface area (Å²) >= 11 is 0. The third-order valence-electron chi connectivity index (χ3n) is 3.64. The molecule has 1 aliphatic heterocycles. The molecule has 0 saturated carbocycles. The topological polar surface area (TPSA) is 96.0 Å². The highest BCUT2D eigenvalue weighted by molar-refractivity contribution is 7.87. The number of carbonyl (C=O) groups is 1. The third-order valence-corrected chi connectivity index (χ3v) is 4.43. The van der Waals surface area contributed by atoms with Crippen molar-refractivity contribution in [1.29, 1.82) is 0 Å². The standard InChI is InChI=1S/C15H12F2O6S/c16-15(17,24(19,20)21)14(18)23-7-9-5-6-12(13-8-22-13)11-4-2-1-3-10(9)11/h1-6,13H,7-8H2,(H,19,20,21)/p-1. The molecule has 6 nitrogen and oxygen atoms in total. The second kappa shape index (κ2) is 5.76. The number of benzene rings is 2. The molecule has 1 heterocycles. The highest BCUT2D eigenvalue weighted by Crippen LogP contribution is 2.36. The lowest BCUT2D eigenvalue weighted by Crippen LogP contribution is -2.38. The zero-order chi connectivity index (χ0) is 17.5. The molecule has 2 aromatic carbocycles. The lowest BCUT2D eigenvalue weighted by molar-refractivity contribution is -0.162. The van der Waals surface area contributed by atoms with Crippen molar-refractivity contribution < 1.29 is 36.0 Å². The van der Waals surface area contributed by atoms with Crippen molar-refractivity contribution in [1.82, 2.24) is 0 Å². The fourth-order valence-electron chi connectivity index (χ4n) is 2.35. The Kier molecular flexibility index (Phi) is 4.02. The Bertz CT molecular complexity index is 905. The van der Waals surface area contributed by atoms with Crippen LogP contribution in [-0.2, 0) is 31.0 Å². The number of epoxide rings is 1. The summed E-state index contributed by atoms with van der Waals surface area (Å²) < 4.78 is 67.1. The van der Waals surface area contributed by atoms with Crippen LogP contribution in [0.5, 0.6) is 0 Å². The number of rotatable bonds is 5. The number of ether oxygens (including phenoxy) is 2. The number of alkyl halides is 2. The van der Waals surface area contributed by atoms with Crippen LogP contribution >= 0.6 is 0 Å². The Labute approximate surface area is 135 Å². The van der Waals surface area contributed by atoms with Crippen LogP contribution < -0.4 is 0 Å². The molecule has 1 atom stereocenters. The van der Waals surface area contributed by atoms with Gasteiger partial charge in [-0.25, -0.2) is 13.2 Å². The van der Waals surface area contributed by atoms with Gasteiger partial charge in [-0.05, 0) is 21.9 Å². The molecule has 1 fully saturated rings. The molecule has 0 bridgehead atoms. The molecule has 0 N–H and O–H groups in total. The molecular formula is C15H11F2O6S-. The van der Waals surface area contributed by atoms with Gasteiger partial charge in [-0.1, -0.05) is 36.4 Å². The van der Waals surface area contributed by atoms with Crippen LogP contribution in [0, 0.1) is 0 Å². The summed E-state index contributed by atoms with van der Waals surface area (Å²) in [6, 6.07) is 10.4. The van der Waals surface area contributed by atoms with Crippen molar-refractivity contribution in [3.63, 3.8) is 0 Å². The van der Waals surface area contributed by atoms with E-state index in [-0.39, 0.29) is 6.10 Å². The first-order chi connectivity index (χ1) is 11.2. The van der Waals surface area contributed by atoms with Crippen LogP contribution in [0.2, 0.25) is 0 Å². The largest absolute Gasteiger partial charge is 0.743 e. The Morgan fingerprint density at radius 1 is 1.25 bits per heavy atom. The third kappa shape index (κ3) is 2.97. The second-order valence-electron chi connectivity index (χ2n) is 5.23. The summed E-state index contributed by atoms with van der Waals surface area (Å²) in [6.07, 6.45) is -0.0264. The van der Waals surface area contributed by atoms with Gasteiger partial charge in [0.1, 0.15) is 12.7 Å². The minimum Gasteiger partial charge on any atom is -0.743 e. The lowest BCUT2D eigenvalue weighted by Gasteiger charge is -2.18. The van der Waals surface area contributed by atoms with Gasteiger partial charge in [0.15, 0.2) is 10.1 Å². The van der Waals surface area contributed by atoms with Gasteiger partial charge in [-0.2, -0.15) is 8.78 Å². The lowest BCUT2D eigenvalue weighted by atomic mass is 9.98. The molecule has 1 saturated heterocycles. The van der Waals surface area contributed by atoms with Crippen molar-refractivity contribution in [2.24, 2.45) is 0 Å². The second-order valence-corrected chi connectivity index (χ2v) is 6.65. The van der Waals surface area contributed by atoms with E-state index in [0.717, 1.165) is 10.9 Å². The van der Waals surface area contributed by atoms with Gasteiger partial charge < -0.3 is 14.0 Å². The van der Waals surface area contributed by atoms with Crippen molar-refractivity contribution >= 4 is 26.9 Å². The Balaban J connectivity index is 1.86. The zero-order valence-electron chi connectivity index (χ0n) is 12.1. The summed E-state index contributed by atoms with van der Waals surface area (Å²) in [6.45, 7) is 0.00215.